The first-order valence-corrected chi connectivity index (χ1v) is 10.2. The molecule has 1 saturated heterocycles. The van der Waals surface area contributed by atoms with E-state index in [1.165, 1.54) is 13.8 Å². The molecule has 1 aliphatic heterocycles. The maximum Gasteiger partial charge on any atom is 0.359 e. The molecular weight excluding hydrogens is 382 g/mol. The van der Waals surface area contributed by atoms with Crippen LogP contribution in [0.25, 0.3) is 0 Å². The molecule has 0 aliphatic carbocycles. The highest BCUT2D eigenvalue weighted by Gasteiger charge is 2.39. The van der Waals surface area contributed by atoms with Crippen molar-refractivity contribution < 1.29 is 38.6 Å². The van der Waals surface area contributed by atoms with Gasteiger partial charge >= 0.3 is 23.9 Å². The summed E-state index contributed by atoms with van der Waals surface area (Å²) < 4.78 is 0. The Morgan fingerprint density at radius 3 is 1.66 bits per heavy atom. The Labute approximate surface area is 171 Å². The van der Waals surface area contributed by atoms with E-state index >= 15 is 0 Å². The van der Waals surface area contributed by atoms with Crippen molar-refractivity contribution in [2.45, 2.75) is 67.2 Å². The summed E-state index contributed by atoms with van der Waals surface area (Å²) in [5, 5.41) is 0. The van der Waals surface area contributed by atoms with Gasteiger partial charge in [0.15, 0.2) is 0 Å². The van der Waals surface area contributed by atoms with Crippen LogP contribution in [-0.2, 0) is 38.6 Å². The maximum absolute atomic E-state index is 12.5. The zero-order chi connectivity index (χ0) is 22.1. The summed E-state index contributed by atoms with van der Waals surface area (Å²) in [6, 6.07) is 0. The average Bonchev–Trinajstić information content (AvgIpc) is 2.71. The van der Waals surface area contributed by atoms with E-state index in [2.05, 4.69) is 0 Å². The molecule has 6 atom stereocenters. The molecule has 6 unspecified atom stereocenters. The second kappa shape index (κ2) is 11.7. The van der Waals surface area contributed by atoms with Crippen molar-refractivity contribution >= 4 is 23.9 Å². The summed E-state index contributed by atoms with van der Waals surface area (Å²) in [6.07, 6.45) is 2.27. The molecule has 1 fully saturated rings. The summed E-state index contributed by atoms with van der Waals surface area (Å²) >= 11 is 0. The molecule has 0 spiro atoms. The van der Waals surface area contributed by atoms with E-state index < -0.39 is 47.5 Å². The van der Waals surface area contributed by atoms with E-state index in [1.807, 2.05) is 33.3 Å². The van der Waals surface area contributed by atoms with Crippen LogP contribution in [0.15, 0.2) is 0 Å². The Kier molecular flexibility index (Phi) is 10.1. The van der Waals surface area contributed by atoms with E-state index in [9.17, 15) is 19.2 Å². The second-order valence-electron chi connectivity index (χ2n) is 8.02. The van der Waals surface area contributed by atoms with Crippen molar-refractivity contribution in [3.8, 4) is 0 Å². The van der Waals surface area contributed by atoms with Crippen molar-refractivity contribution in [1.29, 1.82) is 0 Å². The number of nitrogens with one attached hydrogen (secondary N) is 1. The lowest BCUT2D eigenvalue weighted by Crippen LogP contribution is -2.36. The smallest absolute Gasteiger partial charge is 0.335 e. The van der Waals surface area contributed by atoms with Gasteiger partial charge in [0.2, 0.25) is 0 Å². The Morgan fingerprint density at radius 2 is 1.14 bits per heavy atom. The van der Waals surface area contributed by atoms with Gasteiger partial charge in [0.25, 0.3) is 0 Å². The summed E-state index contributed by atoms with van der Waals surface area (Å²) in [7, 11) is 0. The van der Waals surface area contributed by atoms with Crippen LogP contribution in [0.1, 0.15) is 67.2 Å². The van der Waals surface area contributed by atoms with Gasteiger partial charge in [0.05, 0.1) is 23.7 Å². The number of hydrogen-bond acceptors (Lipinski definition) is 9. The van der Waals surface area contributed by atoms with Crippen molar-refractivity contribution in [1.82, 2.24) is 5.64 Å². The second-order valence-corrected chi connectivity index (χ2v) is 8.02. The van der Waals surface area contributed by atoms with Crippen LogP contribution in [0.3, 0.4) is 0 Å². The van der Waals surface area contributed by atoms with Crippen LogP contribution >= 0.6 is 0 Å². The Morgan fingerprint density at radius 1 is 0.724 bits per heavy atom. The first-order valence-electron chi connectivity index (χ1n) is 10.2. The quantitative estimate of drug-likeness (QED) is 0.653. The van der Waals surface area contributed by atoms with Gasteiger partial charge in [-0.2, -0.15) is 0 Å². The molecule has 0 amide bonds. The predicted molar refractivity (Wildman–Crippen MR) is 101 cm³/mol. The topological polar surface area (TPSA) is 117 Å². The maximum atomic E-state index is 12.5. The molecule has 0 radical (unpaired) electrons. The van der Waals surface area contributed by atoms with Crippen molar-refractivity contribution in [3.05, 3.63) is 0 Å². The zero-order valence-electron chi connectivity index (χ0n) is 18.1. The molecule has 166 valence electrons. The van der Waals surface area contributed by atoms with Crippen LogP contribution in [0, 0.1) is 35.5 Å². The van der Waals surface area contributed by atoms with Gasteiger partial charge in [0.1, 0.15) is 0 Å². The average molecular weight is 415 g/mol. The fraction of sp³-hybridized carbons (Fsp3) is 0.800. The molecule has 1 N–H and O–H groups in total. The Hall–Kier alpha value is -2.16. The number of carbonyl (C=O) groups excluding carboxylic acids is 4. The third-order valence-corrected chi connectivity index (χ3v) is 5.75. The highest BCUT2D eigenvalue weighted by molar-refractivity contribution is 5.84. The van der Waals surface area contributed by atoms with Gasteiger partial charge in [-0.15, -0.1) is 0 Å². The van der Waals surface area contributed by atoms with Gasteiger partial charge in [-0.1, -0.05) is 54.4 Å². The van der Waals surface area contributed by atoms with Crippen molar-refractivity contribution in [2.24, 2.45) is 35.5 Å². The lowest BCUT2D eigenvalue weighted by Gasteiger charge is -2.22. The number of rotatable bonds is 6. The first-order chi connectivity index (χ1) is 13.6. The minimum absolute atomic E-state index is 0.124. The highest BCUT2D eigenvalue weighted by Crippen LogP contribution is 2.28. The number of carbonyl (C=O) groups is 4. The lowest BCUT2D eigenvalue weighted by molar-refractivity contribution is -0.267. The summed E-state index contributed by atoms with van der Waals surface area (Å²) in [5.74, 6) is -6.57. The molecule has 29 heavy (non-hydrogen) atoms. The molecule has 1 aliphatic rings. The molecule has 0 bridgehead atoms. The zero-order valence-corrected chi connectivity index (χ0v) is 18.1. The summed E-state index contributed by atoms with van der Waals surface area (Å²) in [6.45, 7) is 10.8. The predicted octanol–water partition coefficient (Wildman–Crippen LogP) is 2.88. The molecule has 0 aromatic carbocycles. The van der Waals surface area contributed by atoms with Crippen LogP contribution in [-0.4, -0.2) is 23.9 Å². The molecular formula is C20H33NO8. The van der Waals surface area contributed by atoms with Gasteiger partial charge in [-0.3, -0.25) is 0 Å². The molecule has 1 rings (SSSR count). The highest BCUT2D eigenvalue weighted by atomic mass is 17.2. The third-order valence-electron chi connectivity index (χ3n) is 5.75. The van der Waals surface area contributed by atoms with Gasteiger partial charge in [-0.05, 0) is 24.7 Å². The SMILES string of the molecule is CCC(C)CC1C(=O)ONOC(=O)C(C)C(CC(C)CC)C(=O)OOC(=O)C1C. The molecule has 0 aromatic rings. The van der Waals surface area contributed by atoms with E-state index in [1.54, 1.807) is 0 Å². The van der Waals surface area contributed by atoms with E-state index in [-0.39, 0.29) is 11.8 Å². The number of hydrogen-bond donors (Lipinski definition) is 1. The van der Waals surface area contributed by atoms with Gasteiger partial charge in [0, 0.05) is 5.64 Å². The summed E-state index contributed by atoms with van der Waals surface area (Å²) in [4.78, 5) is 68.8. The molecule has 1 heterocycles. The normalized spacial score (nSPS) is 29.2. The summed E-state index contributed by atoms with van der Waals surface area (Å²) in [5.41, 5.74) is 1.91. The minimum atomic E-state index is -0.923. The van der Waals surface area contributed by atoms with Crippen molar-refractivity contribution in [2.75, 3.05) is 0 Å². The standard InChI is InChI=1S/C20H33NO8/c1-7-11(3)9-15-14(6)18(23)28-29-20(25)16(10-12(4)8-2)13(5)17(22)26-21-27-19(15)24/h11-16,21H,7-10H2,1-6H3. The Balaban J connectivity index is 3.08. The van der Waals surface area contributed by atoms with Crippen LogP contribution in [0.5, 0.6) is 0 Å². The monoisotopic (exact) mass is 415 g/mol. The third kappa shape index (κ3) is 7.30. The molecule has 9 nitrogen and oxygen atoms in total. The fourth-order valence-electron chi connectivity index (χ4n) is 3.03. The van der Waals surface area contributed by atoms with Crippen molar-refractivity contribution in [3.63, 3.8) is 0 Å². The largest absolute Gasteiger partial charge is 0.359 e. The Bertz CT molecular complexity index is 593. The minimum Gasteiger partial charge on any atom is -0.335 e. The fourth-order valence-corrected chi connectivity index (χ4v) is 3.03. The molecule has 0 aromatic heterocycles. The van der Waals surface area contributed by atoms with E-state index in [4.69, 9.17) is 19.5 Å². The van der Waals surface area contributed by atoms with Gasteiger partial charge < -0.3 is 9.68 Å². The van der Waals surface area contributed by atoms with Crippen LogP contribution in [0.2, 0.25) is 0 Å². The first kappa shape index (κ1) is 24.9. The molecule has 9 heteroatoms. The van der Waals surface area contributed by atoms with Crippen LogP contribution in [0.4, 0.5) is 0 Å². The lowest BCUT2D eigenvalue weighted by atomic mass is 9.85. The van der Waals surface area contributed by atoms with Gasteiger partial charge in [-0.25, -0.2) is 29.0 Å². The van der Waals surface area contributed by atoms with E-state index in [0.717, 1.165) is 12.8 Å². The van der Waals surface area contributed by atoms with E-state index in [0.29, 0.717) is 12.8 Å². The molecule has 0 saturated carbocycles. The van der Waals surface area contributed by atoms with Crippen LogP contribution < -0.4 is 5.64 Å².